The van der Waals surface area contributed by atoms with E-state index in [-0.39, 0.29) is 5.56 Å². The van der Waals surface area contributed by atoms with Crippen LogP contribution in [0.15, 0.2) is 18.3 Å². The summed E-state index contributed by atoms with van der Waals surface area (Å²) in [5, 5.41) is 9.50. The van der Waals surface area contributed by atoms with Gasteiger partial charge in [0, 0.05) is 23.8 Å². The second-order valence-corrected chi connectivity index (χ2v) is 2.97. The van der Waals surface area contributed by atoms with E-state index < -0.39 is 5.97 Å². The lowest BCUT2D eigenvalue weighted by molar-refractivity contribution is 0.0696. The average molecular weight is 191 g/mol. The van der Waals surface area contributed by atoms with Crippen molar-refractivity contribution < 1.29 is 9.90 Å². The number of aromatic carboxylic acids is 1. The Morgan fingerprint density at radius 2 is 2.36 bits per heavy atom. The quantitative estimate of drug-likeness (QED) is 0.652. The zero-order chi connectivity index (χ0) is 10.1. The first-order valence-corrected chi connectivity index (χ1v) is 4.11. The maximum atomic E-state index is 10.6. The Balaban J connectivity index is 2.59. The number of pyridine rings is 1. The number of hydrogen-bond donors (Lipinski definition) is 3. The summed E-state index contributed by atoms with van der Waals surface area (Å²) in [6.07, 6.45) is 1.32. The number of hydrogen-bond acceptors (Lipinski definition) is 3. The van der Waals surface area contributed by atoms with Crippen molar-refractivity contribution >= 4 is 17.0 Å². The number of carboxylic acid groups (broad SMARTS) is 1. The van der Waals surface area contributed by atoms with Gasteiger partial charge < -0.3 is 15.8 Å². The first-order valence-electron chi connectivity index (χ1n) is 4.11. The number of nitrogens with two attached hydrogens (primary N) is 1. The van der Waals surface area contributed by atoms with E-state index in [0.717, 1.165) is 11.1 Å². The molecule has 0 spiro atoms. The van der Waals surface area contributed by atoms with Crippen LogP contribution in [0.2, 0.25) is 0 Å². The molecule has 5 nitrogen and oxygen atoms in total. The summed E-state index contributed by atoms with van der Waals surface area (Å²) in [5.74, 6) is -0.977. The van der Waals surface area contributed by atoms with Gasteiger partial charge in [-0.15, -0.1) is 0 Å². The van der Waals surface area contributed by atoms with Gasteiger partial charge in [-0.25, -0.2) is 9.78 Å². The Kier molecular flexibility index (Phi) is 1.94. The highest BCUT2D eigenvalue weighted by atomic mass is 16.4. The maximum Gasteiger partial charge on any atom is 0.337 e. The molecule has 0 fully saturated rings. The van der Waals surface area contributed by atoms with E-state index in [0.29, 0.717) is 12.2 Å². The molecule has 0 aliphatic heterocycles. The van der Waals surface area contributed by atoms with Gasteiger partial charge in [0.1, 0.15) is 5.65 Å². The van der Waals surface area contributed by atoms with Gasteiger partial charge >= 0.3 is 5.97 Å². The highest BCUT2D eigenvalue weighted by molar-refractivity contribution is 5.91. The van der Waals surface area contributed by atoms with E-state index in [1.807, 2.05) is 0 Å². The van der Waals surface area contributed by atoms with Crippen LogP contribution in [-0.2, 0) is 6.54 Å². The Morgan fingerprint density at radius 1 is 1.57 bits per heavy atom. The summed E-state index contributed by atoms with van der Waals surface area (Å²) >= 11 is 0. The molecule has 0 bridgehead atoms. The van der Waals surface area contributed by atoms with Crippen molar-refractivity contribution in [2.45, 2.75) is 6.54 Å². The number of aromatic amines is 1. The van der Waals surface area contributed by atoms with Crippen LogP contribution in [0, 0.1) is 0 Å². The summed E-state index contributed by atoms with van der Waals surface area (Å²) in [6.45, 7) is 0.388. The zero-order valence-electron chi connectivity index (χ0n) is 7.32. The van der Waals surface area contributed by atoms with E-state index in [9.17, 15) is 4.79 Å². The summed E-state index contributed by atoms with van der Waals surface area (Å²) in [4.78, 5) is 17.6. The van der Waals surface area contributed by atoms with Gasteiger partial charge in [-0.1, -0.05) is 0 Å². The standard InChI is InChI=1S/C9H9N3O2/c10-3-7-2-5-1-6(9(13)14)4-11-8(5)12-7/h1-2,4H,3,10H2,(H,11,12)(H,13,14). The smallest absolute Gasteiger partial charge is 0.337 e. The number of nitrogens with zero attached hydrogens (tertiary/aromatic N) is 1. The Bertz CT molecular complexity index is 490. The minimum atomic E-state index is -0.977. The largest absolute Gasteiger partial charge is 0.478 e. The monoisotopic (exact) mass is 191 g/mol. The lowest BCUT2D eigenvalue weighted by Crippen LogP contribution is -1.96. The number of nitrogens with one attached hydrogen (secondary N) is 1. The van der Waals surface area contributed by atoms with Gasteiger partial charge in [0.25, 0.3) is 0 Å². The van der Waals surface area contributed by atoms with Gasteiger partial charge in [-0.05, 0) is 12.1 Å². The van der Waals surface area contributed by atoms with Crippen molar-refractivity contribution in [2.24, 2.45) is 5.73 Å². The number of carbonyl (C=O) groups is 1. The molecule has 14 heavy (non-hydrogen) atoms. The fraction of sp³-hybridized carbons (Fsp3) is 0.111. The molecule has 2 heterocycles. The highest BCUT2D eigenvalue weighted by Gasteiger charge is 2.06. The molecule has 0 amide bonds. The van der Waals surface area contributed by atoms with Gasteiger partial charge in [0.05, 0.1) is 5.56 Å². The van der Waals surface area contributed by atoms with Crippen molar-refractivity contribution in [3.63, 3.8) is 0 Å². The third kappa shape index (κ3) is 1.33. The number of carboxylic acids is 1. The van der Waals surface area contributed by atoms with E-state index in [1.54, 1.807) is 12.1 Å². The molecule has 2 aromatic heterocycles. The van der Waals surface area contributed by atoms with E-state index in [2.05, 4.69) is 9.97 Å². The number of aromatic nitrogens is 2. The molecule has 0 aliphatic carbocycles. The predicted octanol–water partition coefficient (Wildman–Crippen LogP) is 0.720. The molecule has 2 rings (SSSR count). The van der Waals surface area contributed by atoms with Crippen molar-refractivity contribution in [2.75, 3.05) is 0 Å². The van der Waals surface area contributed by atoms with Crippen LogP contribution in [0.3, 0.4) is 0 Å². The van der Waals surface area contributed by atoms with Crippen LogP contribution in [-0.4, -0.2) is 21.0 Å². The fourth-order valence-electron chi connectivity index (χ4n) is 1.30. The maximum absolute atomic E-state index is 10.6. The van der Waals surface area contributed by atoms with Crippen molar-refractivity contribution in [1.29, 1.82) is 0 Å². The van der Waals surface area contributed by atoms with Crippen molar-refractivity contribution in [3.05, 3.63) is 29.6 Å². The molecule has 0 atom stereocenters. The first kappa shape index (κ1) is 8.71. The van der Waals surface area contributed by atoms with E-state index >= 15 is 0 Å². The normalized spacial score (nSPS) is 10.6. The lowest BCUT2D eigenvalue weighted by Gasteiger charge is -1.92. The van der Waals surface area contributed by atoms with Crippen molar-refractivity contribution in [1.82, 2.24) is 9.97 Å². The predicted molar refractivity (Wildman–Crippen MR) is 50.9 cm³/mol. The SMILES string of the molecule is NCc1cc2cc(C(=O)O)cnc2[nH]1. The average Bonchev–Trinajstić information content (AvgIpc) is 2.58. The van der Waals surface area contributed by atoms with Gasteiger partial charge in [-0.3, -0.25) is 0 Å². The highest BCUT2D eigenvalue weighted by Crippen LogP contribution is 2.14. The van der Waals surface area contributed by atoms with Crippen molar-refractivity contribution in [3.8, 4) is 0 Å². The van der Waals surface area contributed by atoms with Gasteiger partial charge in [0.15, 0.2) is 0 Å². The van der Waals surface area contributed by atoms with Gasteiger partial charge in [-0.2, -0.15) is 0 Å². The van der Waals surface area contributed by atoms with E-state index in [1.165, 1.54) is 6.20 Å². The fourth-order valence-corrected chi connectivity index (χ4v) is 1.30. The van der Waals surface area contributed by atoms with Crippen LogP contribution in [0.5, 0.6) is 0 Å². The molecule has 5 heteroatoms. The number of fused-ring (bicyclic) bond motifs is 1. The molecule has 0 saturated heterocycles. The summed E-state index contributed by atoms with van der Waals surface area (Å²) in [7, 11) is 0. The van der Waals surface area contributed by atoms with Crippen LogP contribution >= 0.6 is 0 Å². The molecule has 4 N–H and O–H groups in total. The summed E-state index contributed by atoms with van der Waals surface area (Å²) < 4.78 is 0. The Hall–Kier alpha value is -1.88. The second-order valence-electron chi connectivity index (χ2n) is 2.97. The molecule has 72 valence electrons. The van der Waals surface area contributed by atoms with Crippen LogP contribution in [0.4, 0.5) is 0 Å². The third-order valence-electron chi connectivity index (χ3n) is 1.99. The Labute approximate surface area is 79.6 Å². The van der Waals surface area contributed by atoms with Crippen LogP contribution < -0.4 is 5.73 Å². The number of H-pyrrole nitrogens is 1. The minimum absolute atomic E-state index is 0.181. The topological polar surface area (TPSA) is 92.0 Å². The second kappa shape index (κ2) is 3.12. The lowest BCUT2D eigenvalue weighted by atomic mass is 10.2. The summed E-state index contributed by atoms with van der Waals surface area (Å²) in [6, 6.07) is 3.37. The minimum Gasteiger partial charge on any atom is -0.478 e. The molecule has 0 aliphatic rings. The molecule has 0 aromatic carbocycles. The van der Waals surface area contributed by atoms with Gasteiger partial charge in [0.2, 0.25) is 0 Å². The third-order valence-corrected chi connectivity index (χ3v) is 1.99. The molecule has 0 radical (unpaired) electrons. The molecule has 0 saturated carbocycles. The summed E-state index contributed by atoms with van der Waals surface area (Å²) in [5.41, 5.74) is 7.12. The molecule has 0 unspecified atom stereocenters. The number of rotatable bonds is 2. The molecular weight excluding hydrogens is 182 g/mol. The van der Waals surface area contributed by atoms with Crippen LogP contribution in [0.1, 0.15) is 16.1 Å². The van der Waals surface area contributed by atoms with E-state index in [4.69, 9.17) is 10.8 Å². The van der Waals surface area contributed by atoms with Crippen LogP contribution in [0.25, 0.3) is 11.0 Å². The molecule has 2 aromatic rings. The molecular formula is C9H9N3O2. The first-order chi connectivity index (χ1) is 6.70. The zero-order valence-corrected chi connectivity index (χ0v) is 7.32. The Morgan fingerprint density at radius 3 is 3.00 bits per heavy atom.